The molecule has 2 aromatic rings. The van der Waals surface area contributed by atoms with Crippen LogP contribution in [0.25, 0.3) is 0 Å². The normalized spacial score (nSPS) is 12.2. The standard InChI is InChI=1S/C17H15BrCl3N3OS/c1-10-3-2-4-13(9-10)22-16(26)24-15(17(19,20)21)23-14(25)11-5-7-12(18)8-6-11/h2-9,15H,1H3,(H,23,25)(H2,22,24,26)/t15-/m0/s1. The summed E-state index contributed by atoms with van der Waals surface area (Å²) in [5, 5.41) is 8.66. The third-order valence-electron chi connectivity index (χ3n) is 3.26. The van der Waals surface area contributed by atoms with E-state index in [9.17, 15) is 4.79 Å². The average molecular weight is 496 g/mol. The number of nitrogens with one attached hydrogen (secondary N) is 3. The Morgan fingerprint density at radius 1 is 1.12 bits per heavy atom. The number of hydrogen-bond acceptors (Lipinski definition) is 2. The minimum atomic E-state index is -1.82. The number of halogens is 4. The van der Waals surface area contributed by atoms with Gasteiger partial charge in [-0.25, -0.2) is 0 Å². The van der Waals surface area contributed by atoms with Gasteiger partial charge in [0.15, 0.2) is 5.11 Å². The zero-order valence-corrected chi connectivity index (χ0v) is 18.2. The topological polar surface area (TPSA) is 53.2 Å². The van der Waals surface area contributed by atoms with Crippen molar-refractivity contribution in [3.8, 4) is 0 Å². The van der Waals surface area contributed by atoms with Crippen LogP contribution in [0.5, 0.6) is 0 Å². The molecule has 0 fully saturated rings. The molecule has 0 heterocycles. The molecule has 3 N–H and O–H groups in total. The van der Waals surface area contributed by atoms with E-state index in [2.05, 4.69) is 31.9 Å². The van der Waals surface area contributed by atoms with Gasteiger partial charge in [0.25, 0.3) is 5.91 Å². The lowest BCUT2D eigenvalue weighted by Crippen LogP contribution is -2.56. The van der Waals surface area contributed by atoms with Gasteiger partial charge in [0.2, 0.25) is 3.79 Å². The highest BCUT2D eigenvalue weighted by molar-refractivity contribution is 9.10. The molecule has 0 unspecified atom stereocenters. The minimum Gasteiger partial charge on any atom is -0.339 e. The highest BCUT2D eigenvalue weighted by Gasteiger charge is 2.34. The lowest BCUT2D eigenvalue weighted by atomic mass is 10.2. The van der Waals surface area contributed by atoms with Crippen molar-refractivity contribution in [2.24, 2.45) is 0 Å². The quantitative estimate of drug-likeness (QED) is 0.311. The van der Waals surface area contributed by atoms with E-state index in [0.29, 0.717) is 5.56 Å². The molecule has 26 heavy (non-hydrogen) atoms. The second-order valence-electron chi connectivity index (χ2n) is 5.42. The first-order chi connectivity index (χ1) is 12.1. The van der Waals surface area contributed by atoms with Gasteiger partial charge in [-0.15, -0.1) is 0 Å². The molecule has 4 nitrogen and oxygen atoms in total. The van der Waals surface area contributed by atoms with Crippen LogP contribution in [0.2, 0.25) is 0 Å². The Kier molecular flexibility index (Phi) is 7.55. The van der Waals surface area contributed by atoms with Gasteiger partial charge >= 0.3 is 0 Å². The first-order valence-corrected chi connectivity index (χ1v) is 9.76. The molecule has 138 valence electrons. The van der Waals surface area contributed by atoms with Crippen molar-refractivity contribution in [1.29, 1.82) is 0 Å². The third kappa shape index (κ3) is 6.59. The second-order valence-corrected chi connectivity index (χ2v) is 9.12. The summed E-state index contributed by atoms with van der Waals surface area (Å²) in [5.74, 6) is -0.403. The molecule has 0 bridgehead atoms. The number of thiocarbonyl (C=S) groups is 1. The summed E-state index contributed by atoms with van der Waals surface area (Å²) in [7, 11) is 0. The molecule has 0 saturated heterocycles. The van der Waals surface area contributed by atoms with Gasteiger partial charge in [0.1, 0.15) is 6.17 Å². The monoisotopic (exact) mass is 493 g/mol. The fourth-order valence-corrected chi connectivity index (χ4v) is 2.86. The van der Waals surface area contributed by atoms with Crippen molar-refractivity contribution >= 4 is 79.7 Å². The van der Waals surface area contributed by atoms with Crippen LogP contribution in [0.15, 0.2) is 53.0 Å². The van der Waals surface area contributed by atoms with Gasteiger partial charge in [-0.05, 0) is 61.1 Å². The fourth-order valence-electron chi connectivity index (χ4n) is 2.04. The van der Waals surface area contributed by atoms with Crippen LogP contribution >= 0.6 is 63.0 Å². The third-order valence-corrected chi connectivity index (χ3v) is 4.66. The summed E-state index contributed by atoms with van der Waals surface area (Å²) in [4.78, 5) is 12.4. The van der Waals surface area contributed by atoms with Crippen LogP contribution in [0, 0.1) is 6.92 Å². The number of aryl methyl sites for hydroxylation is 1. The predicted octanol–water partition coefficient (Wildman–Crippen LogP) is 5.17. The van der Waals surface area contributed by atoms with Crippen molar-refractivity contribution < 1.29 is 4.79 Å². The molecule has 0 aromatic heterocycles. The number of alkyl halides is 3. The SMILES string of the molecule is Cc1cccc(NC(=S)N[C@H](NC(=O)c2ccc(Br)cc2)C(Cl)(Cl)Cl)c1. The Morgan fingerprint density at radius 2 is 1.77 bits per heavy atom. The minimum absolute atomic E-state index is 0.211. The molecule has 1 amide bonds. The van der Waals surface area contributed by atoms with Crippen LogP contribution < -0.4 is 16.0 Å². The predicted molar refractivity (Wildman–Crippen MR) is 116 cm³/mol. The maximum absolute atomic E-state index is 12.4. The van der Waals surface area contributed by atoms with Gasteiger partial charge in [-0.3, -0.25) is 4.79 Å². The van der Waals surface area contributed by atoms with Crippen LogP contribution in [0.4, 0.5) is 5.69 Å². The van der Waals surface area contributed by atoms with Crippen molar-refractivity contribution in [3.63, 3.8) is 0 Å². The van der Waals surface area contributed by atoms with Crippen LogP contribution in [0.1, 0.15) is 15.9 Å². The van der Waals surface area contributed by atoms with Crippen LogP contribution in [0.3, 0.4) is 0 Å². The summed E-state index contributed by atoms with van der Waals surface area (Å²) in [6.07, 6.45) is -1.03. The highest BCUT2D eigenvalue weighted by atomic mass is 79.9. The maximum atomic E-state index is 12.4. The van der Waals surface area contributed by atoms with E-state index in [1.807, 2.05) is 31.2 Å². The smallest absolute Gasteiger partial charge is 0.252 e. The molecule has 0 radical (unpaired) electrons. The number of carbonyl (C=O) groups excluding carboxylic acids is 1. The average Bonchev–Trinajstić information content (AvgIpc) is 2.53. The summed E-state index contributed by atoms with van der Waals surface area (Å²) in [6, 6.07) is 14.4. The first kappa shape index (κ1) is 21.3. The molecule has 9 heteroatoms. The number of amides is 1. The van der Waals surface area contributed by atoms with E-state index in [0.717, 1.165) is 15.7 Å². The molecule has 0 aliphatic heterocycles. The molecule has 2 aromatic carbocycles. The van der Waals surface area contributed by atoms with Gasteiger partial charge in [0, 0.05) is 15.7 Å². The number of benzene rings is 2. The highest BCUT2D eigenvalue weighted by Crippen LogP contribution is 2.29. The Bertz CT molecular complexity index is 797. The lowest BCUT2D eigenvalue weighted by Gasteiger charge is -2.27. The number of rotatable bonds is 4. The molecular formula is C17H15BrCl3N3OS. The van der Waals surface area contributed by atoms with Crippen molar-refractivity contribution in [1.82, 2.24) is 10.6 Å². The van der Waals surface area contributed by atoms with Gasteiger partial charge < -0.3 is 16.0 Å². The van der Waals surface area contributed by atoms with Crippen molar-refractivity contribution in [2.45, 2.75) is 16.9 Å². The van der Waals surface area contributed by atoms with Crippen molar-refractivity contribution in [3.05, 3.63) is 64.1 Å². The molecule has 0 aliphatic rings. The Morgan fingerprint density at radius 3 is 2.35 bits per heavy atom. The Hall–Kier alpha value is -1.05. The zero-order valence-electron chi connectivity index (χ0n) is 13.5. The molecule has 0 spiro atoms. The van der Waals surface area contributed by atoms with E-state index < -0.39 is 15.9 Å². The first-order valence-electron chi connectivity index (χ1n) is 7.42. The Balaban J connectivity index is 2.06. The molecular weight excluding hydrogens is 481 g/mol. The fraction of sp³-hybridized carbons (Fsp3) is 0.176. The molecule has 0 aliphatic carbocycles. The molecule has 0 saturated carbocycles. The molecule has 1 atom stereocenters. The number of hydrogen-bond donors (Lipinski definition) is 3. The van der Waals surface area contributed by atoms with Gasteiger partial charge in [-0.1, -0.05) is 62.9 Å². The largest absolute Gasteiger partial charge is 0.339 e. The number of anilines is 1. The Labute approximate surface area is 180 Å². The van der Waals surface area contributed by atoms with Crippen molar-refractivity contribution in [2.75, 3.05) is 5.32 Å². The van der Waals surface area contributed by atoms with E-state index in [4.69, 9.17) is 47.0 Å². The molecule has 2 rings (SSSR count). The summed E-state index contributed by atoms with van der Waals surface area (Å²) in [5.41, 5.74) is 2.27. The maximum Gasteiger partial charge on any atom is 0.252 e. The second kappa shape index (κ2) is 9.24. The lowest BCUT2D eigenvalue weighted by molar-refractivity contribution is 0.0934. The van der Waals surface area contributed by atoms with E-state index in [-0.39, 0.29) is 5.11 Å². The van der Waals surface area contributed by atoms with Crippen LogP contribution in [-0.2, 0) is 0 Å². The summed E-state index contributed by atoms with van der Waals surface area (Å²) >= 11 is 26.5. The van der Waals surface area contributed by atoms with Gasteiger partial charge in [-0.2, -0.15) is 0 Å². The zero-order chi connectivity index (χ0) is 19.3. The van der Waals surface area contributed by atoms with Crippen LogP contribution in [-0.4, -0.2) is 21.0 Å². The van der Waals surface area contributed by atoms with E-state index in [1.54, 1.807) is 24.3 Å². The number of carbonyl (C=O) groups is 1. The van der Waals surface area contributed by atoms with Gasteiger partial charge in [0.05, 0.1) is 0 Å². The summed E-state index contributed by atoms with van der Waals surface area (Å²) < 4.78 is -0.961. The summed E-state index contributed by atoms with van der Waals surface area (Å²) in [6.45, 7) is 1.96. The van der Waals surface area contributed by atoms with E-state index >= 15 is 0 Å². The van der Waals surface area contributed by atoms with E-state index in [1.165, 1.54) is 0 Å².